The van der Waals surface area contributed by atoms with Gasteiger partial charge in [0.1, 0.15) is 11.5 Å². The molecule has 7 heteroatoms. The van der Waals surface area contributed by atoms with Gasteiger partial charge in [0.25, 0.3) is 11.7 Å². The third-order valence-corrected chi connectivity index (χ3v) is 5.32. The molecule has 1 heterocycles. The predicted molar refractivity (Wildman–Crippen MR) is 116 cm³/mol. The third kappa shape index (κ3) is 4.78. The number of amides is 1. The number of hydrogen-bond donors (Lipinski definition) is 2. The van der Waals surface area contributed by atoms with Gasteiger partial charge in [-0.1, -0.05) is 31.2 Å². The molecule has 3 rings (SSSR count). The van der Waals surface area contributed by atoms with Gasteiger partial charge in [-0.25, -0.2) is 0 Å². The Balaban J connectivity index is 2.04. The molecule has 2 aromatic rings. The number of aliphatic hydroxyl groups excluding tert-OH is 2. The quantitative estimate of drug-likeness (QED) is 0.278. The van der Waals surface area contributed by atoms with E-state index >= 15 is 0 Å². The van der Waals surface area contributed by atoms with E-state index in [0.29, 0.717) is 11.3 Å². The molecule has 0 bridgehead atoms. The summed E-state index contributed by atoms with van der Waals surface area (Å²) in [6.07, 6.45) is 0.862. The zero-order valence-corrected chi connectivity index (χ0v) is 17.7. The molecule has 1 fully saturated rings. The normalized spacial score (nSPS) is 17.9. The van der Waals surface area contributed by atoms with E-state index in [2.05, 4.69) is 0 Å². The number of hydrogen-bond acceptors (Lipinski definition) is 6. The van der Waals surface area contributed by atoms with Crippen molar-refractivity contribution in [3.05, 3.63) is 70.8 Å². The van der Waals surface area contributed by atoms with Gasteiger partial charge in [0.15, 0.2) is 0 Å². The summed E-state index contributed by atoms with van der Waals surface area (Å²) in [5.74, 6) is -1.04. The summed E-state index contributed by atoms with van der Waals surface area (Å²) in [5.41, 5.74) is 2.32. The third-order valence-electron chi connectivity index (χ3n) is 5.32. The van der Waals surface area contributed by atoms with Gasteiger partial charge < -0.3 is 24.6 Å². The second-order valence-corrected chi connectivity index (χ2v) is 7.15. The lowest BCUT2D eigenvalue weighted by molar-refractivity contribution is -0.140. The fourth-order valence-electron chi connectivity index (χ4n) is 3.63. The van der Waals surface area contributed by atoms with Crippen LogP contribution in [0.1, 0.15) is 29.7 Å². The lowest BCUT2D eigenvalue weighted by Gasteiger charge is -2.25. The maximum absolute atomic E-state index is 12.9. The summed E-state index contributed by atoms with van der Waals surface area (Å²) in [6.45, 7) is 2.39. The first-order valence-electron chi connectivity index (χ1n) is 10.2. The largest absolute Gasteiger partial charge is 0.507 e. The van der Waals surface area contributed by atoms with Gasteiger partial charge in [0.2, 0.25) is 0 Å². The molecule has 31 heavy (non-hydrogen) atoms. The van der Waals surface area contributed by atoms with E-state index in [-0.39, 0.29) is 37.7 Å². The number of methoxy groups -OCH3 is 1. The molecular formula is C24H27NO6. The van der Waals surface area contributed by atoms with E-state index in [1.165, 1.54) is 4.90 Å². The molecule has 0 radical (unpaired) electrons. The summed E-state index contributed by atoms with van der Waals surface area (Å²) >= 11 is 0. The van der Waals surface area contributed by atoms with E-state index in [1.807, 2.05) is 31.2 Å². The Morgan fingerprint density at radius 2 is 1.71 bits per heavy atom. The van der Waals surface area contributed by atoms with E-state index in [9.17, 15) is 14.7 Å². The Morgan fingerprint density at radius 3 is 2.29 bits per heavy atom. The van der Waals surface area contributed by atoms with Crippen LogP contribution < -0.4 is 4.74 Å². The van der Waals surface area contributed by atoms with E-state index in [4.69, 9.17) is 14.6 Å². The van der Waals surface area contributed by atoms with Crippen LogP contribution in [0.25, 0.3) is 5.76 Å². The van der Waals surface area contributed by atoms with E-state index in [1.54, 1.807) is 31.4 Å². The monoisotopic (exact) mass is 425 g/mol. The number of rotatable bonds is 9. The second kappa shape index (κ2) is 10.2. The van der Waals surface area contributed by atoms with Crippen molar-refractivity contribution < 1.29 is 29.3 Å². The SMILES string of the molecule is CCc1ccc(C2/C(=C(\O)c3ccc(OC)cc3)C(=O)C(=O)N2CCOCCO)cc1. The second-order valence-electron chi connectivity index (χ2n) is 7.15. The molecule has 1 amide bonds. The summed E-state index contributed by atoms with van der Waals surface area (Å²) in [7, 11) is 1.54. The first-order chi connectivity index (χ1) is 15.0. The van der Waals surface area contributed by atoms with Crippen molar-refractivity contribution in [1.82, 2.24) is 4.90 Å². The maximum Gasteiger partial charge on any atom is 0.295 e. The molecular weight excluding hydrogens is 398 g/mol. The summed E-state index contributed by atoms with van der Waals surface area (Å²) < 4.78 is 10.5. The highest BCUT2D eigenvalue weighted by Crippen LogP contribution is 2.39. The van der Waals surface area contributed by atoms with Gasteiger partial charge in [0, 0.05) is 12.1 Å². The Morgan fingerprint density at radius 1 is 1.03 bits per heavy atom. The minimum atomic E-state index is -0.736. The molecule has 7 nitrogen and oxygen atoms in total. The zero-order valence-electron chi connectivity index (χ0n) is 17.7. The molecule has 0 spiro atoms. The minimum Gasteiger partial charge on any atom is -0.507 e. The van der Waals surface area contributed by atoms with Crippen molar-refractivity contribution in [3.8, 4) is 5.75 Å². The fraction of sp³-hybridized carbons (Fsp3) is 0.333. The van der Waals surface area contributed by atoms with Gasteiger partial charge in [-0.3, -0.25) is 9.59 Å². The topological polar surface area (TPSA) is 96.3 Å². The molecule has 0 aliphatic carbocycles. The highest BCUT2D eigenvalue weighted by atomic mass is 16.5. The van der Waals surface area contributed by atoms with Crippen LogP contribution in [-0.4, -0.2) is 60.3 Å². The molecule has 0 aromatic heterocycles. The van der Waals surface area contributed by atoms with Crippen molar-refractivity contribution in [2.45, 2.75) is 19.4 Å². The molecule has 2 aromatic carbocycles. The molecule has 1 unspecified atom stereocenters. The molecule has 1 atom stereocenters. The maximum atomic E-state index is 12.9. The number of ether oxygens (including phenoxy) is 2. The van der Waals surface area contributed by atoms with Gasteiger partial charge in [-0.15, -0.1) is 0 Å². The summed E-state index contributed by atoms with van der Waals surface area (Å²) in [4.78, 5) is 27.2. The van der Waals surface area contributed by atoms with Crippen molar-refractivity contribution in [2.24, 2.45) is 0 Å². The number of aryl methyl sites for hydroxylation is 1. The Kier molecular flexibility index (Phi) is 7.44. The number of Topliss-reactive ketones (excluding diaryl/α,β-unsaturated/α-hetero) is 1. The number of benzene rings is 2. The number of carbonyl (C=O) groups excluding carboxylic acids is 2. The Bertz CT molecular complexity index is 949. The average molecular weight is 425 g/mol. The molecule has 164 valence electrons. The van der Waals surface area contributed by atoms with Crippen LogP contribution in [0, 0.1) is 0 Å². The molecule has 0 saturated carbocycles. The number of aliphatic hydroxyl groups is 2. The first kappa shape index (κ1) is 22.5. The number of carbonyl (C=O) groups is 2. The molecule has 1 aliphatic rings. The van der Waals surface area contributed by atoms with Crippen molar-refractivity contribution in [1.29, 1.82) is 0 Å². The lowest BCUT2D eigenvalue weighted by Crippen LogP contribution is -2.33. The van der Waals surface area contributed by atoms with Crippen LogP contribution >= 0.6 is 0 Å². The van der Waals surface area contributed by atoms with Gasteiger partial charge in [0.05, 0.1) is 38.5 Å². The van der Waals surface area contributed by atoms with Crippen molar-refractivity contribution in [2.75, 3.05) is 33.5 Å². The lowest BCUT2D eigenvalue weighted by atomic mass is 9.94. The highest BCUT2D eigenvalue weighted by molar-refractivity contribution is 6.46. The summed E-state index contributed by atoms with van der Waals surface area (Å²) in [5, 5.41) is 19.9. The Labute approximate surface area is 181 Å². The zero-order chi connectivity index (χ0) is 22.4. The standard InChI is InChI=1S/C24H27NO6/c1-3-16-4-6-17(7-5-16)21-20(22(27)18-8-10-19(30-2)11-9-18)23(28)24(29)25(21)12-14-31-15-13-26/h4-11,21,26-27H,3,12-15H2,1-2H3/b22-20+. The van der Waals surface area contributed by atoms with E-state index < -0.39 is 17.7 Å². The van der Waals surface area contributed by atoms with Gasteiger partial charge >= 0.3 is 0 Å². The molecule has 2 N–H and O–H groups in total. The van der Waals surface area contributed by atoms with Crippen LogP contribution in [0.15, 0.2) is 54.1 Å². The highest BCUT2D eigenvalue weighted by Gasteiger charge is 2.45. The number of nitrogens with zero attached hydrogens (tertiary/aromatic N) is 1. The Hall–Kier alpha value is -3.16. The summed E-state index contributed by atoms with van der Waals surface area (Å²) in [6, 6.07) is 13.6. The van der Waals surface area contributed by atoms with Crippen molar-refractivity contribution in [3.63, 3.8) is 0 Å². The van der Waals surface area contributed by atoms with Crippen LogP contribution in [0.5, 0.6) is 5.75 Å². The predicted octanol–water partition coefficient (Wildman–Crippen LogP) is 2.69. The van der Waals surface area contributed by atoms with Crippen LogP contribution in [-0.2, 0) is 20.7 Å². The van der Waals surface area contributed by atoms with Crippen LogP contribution in [0.4, 0.5) is 0 Å². The minimum absolute atomic E-state index is 0.0431. The van der Waals surface area contributed by atoms with Gasteiger partial charge in [-0.2, -0.15) is 0 Å². The van der Waals surface area contributed by atoms with Crippen LogP contribution in [0.3, 0.4) is 0 Å². The molecule has 1 aliphatic heterocycles. The first-order valence-corrected chi connectivity index (χ1v) is 10.2. The van der Waals surface area contributed by atoms with Crippen LogP contribution in [0.2, 0.25) is 0 Å². The van der Waals surface area contributed by atoms with E-state index in [0.717, 1.165) is 17.5 Å². The molecule has 1 saturated heterocycles. The number of likely N-dealkylation sites (tertiary alicyclic amines) is 1. The fourth-order valence-corrected chi connectivity index (χ4v) is 3.63. The average Bonchev–Trinajstić information content (AvgIpc) is 3.06. The van der Waals surface area contributed by atoms with Crippen molar-refractivity contribution >= 4 is 17.4 Å². The smallest absolute Gasteiger partial charge is 0.295 e. The number of ketones is 1. The van der Waals surface area contributed by atoms with Gasteiger partial charge in [-0.05, 0) is 41.8 Å².